The second-order valence-electron chi connectivity index (χ2n) is 15.9. The Balaban J connectivity index is 1.15. The number of rotatable bonds is 6. The molecule has 1 N–H and O–H groups in total. The van der Waals surface area contributed by atoms with Gasteiger partial charge in [-0.25, -0.2) is 9.97 Å². The summed E-state index contributed by atoms with van der Waals surface area (Å²) in [5, 5.41) is 3.46. The Hall–Kier alpha value is -7.45. The maximum Gasteiger partial charge on any atom is 0.416 e. The van der Waals surface area contributed by atoms with Crippen LogP contribution in [0.25, 0.3) is 88.7 Å². The van der Waals surface area contributed by atoms with Crippen LogP contribution >= 0.6 is 0 Å². The van der Waals surface area contributed by atoms with Crippen molar-refractivity contribution >= 4 is 54.6 Å². The van der Waals surface area contributed by atoms with Crippen molar-refractivity contribution in [3.63, 3.8) is 0 Å². The van der Waals surface area contributed by atoms with Crippen LogP contribution < -0.4 is 0 Å². The third-order valence-corrected chi connectivity index (χ3v) is 12.1. The van der Waals surface area contributed by atoms with Gasteiger partial charge in [0.05, 0.1) is 33.1 Å². The summed E-state index contributed by atoms with van der Waals surface area (Å²) in [5.41, 5.74) is 9.99. The topological polar surface area (TPSA) is 51.4 Å². The molecule has 11 aromatic rings. The molecule has 5 nitrogen and oxygen atoms in total. The SMILES string of the molecule is CC(C)(c1ccccc1)c1ccnc(-n2c3ccc(C(F)(F)F)cc3c3ccc(-c4cccc5c4nc(-c4cccc6c4[nH]c4ccccc46)n5-c4ccccc4)cc32)c1. The normalized spacial score (nSPS) is 12.4. The predicted octanol–water partition coefficient (Wildman–Crippen LogP) is 13.8. The fourth-order valence-electron chi connectivity index (χ4n) is 8.97. The zero-order chi connectivity index (χ0) is 40.8. The van der Waals surface area contributed by atoms with Crippen LogP contribution in [0.15, 0.2) is 176 Å². The summed E-state index contributed by atoms with van der Waals surface area (Å²) in [6.07, 6.45) is -2.71. The zero-order valence-corrected chi connectivity index (χ0v) is 32.7. The van der Waals surface area contributed by atoms with Gasteiger partial charge in [0.1, 0.15) is 11.6 Å². The average molecular weight is 788 g/mol. The first kappa shape index (κ1) is 35.7. The van der Waals surface area contributed by atoms with Gasteiger partial charge in [-0.15, -0.1) is 0 Å². The van der Waals surface area contributed by atoms with Crippen molar-refractivity contribution in [3.05, 3.63) is 193 Å². The number of alkyl halides is 3. The Morgan fingerprint density at radius 3 is 2.07 bits per heavy atom. The number of H-pyrrole nitrogens is 1. The highest BCUT2D eigenvalue weighted by Gasteiger charge is 2.32. The van der Waals surface area contributed by atoms with Crippen LogP contribution in [0.3, 0.4) is 0 Å². The highest BCUT2D eigenvalue weighted by atomic mass is 19.4. The number of pyridine rings is 1. The van der Waals surface area contributed by atoms with Crippen LogP contribution in [-0.2, 0) is 11.6 Å². The van der Waals surface area contributed by atoms with Crippen molar-refractivity contribution in [2.45, 2.75) is 25.4 Å². The fraction of sp³-hybridized carbons (Fsp3) is 0.0769. The Morgan fingerprint density at radius 2 is 1.25 bits per heavy atom. The van der Waals surface area contributed by atoms with Crippen LogP contribution in [-0.4, -0.2) is 24.1 Å². The molecular formula is C52H36F3N5. The van der Waals surface area contributed by atoms with E-state index in [0.29, 0.717) is 22.1 Å². The van der Waals surface area contributed by atoms with Gasteiger partial charge in [0.25, 0.3) is 0 Å². The Kier molecular flexibility index (Phi) is 7.91. The molecule has 0 fully saturated rings. The number of benzene rings is 7. The van der Waals surface area contributed by atoms with Gasteiger partial charge in [0.2, 0.25) is 0 Å². The first-order valence-electron chi connectivity index (χ1n) is 19.9. The smallest absolute Gasteiger partial charge is 0.354 e. The summed E-state index contributed by atoms with van der Waals surface area (Å²) in [4.78, 5) is 14.0. The number of para-hydroxylation sites is 4. The molecule has 11 rings (SSSR count). The molecule has 0 atom stereocenters. The van der Waals surface area contributed by atoms with Gasteiger partial charge in [-0.1, -0.05) is 117 Å². The molecule has 290 valence electrons. The standard InChI is InChI=1S/C52H36F3N5/c1-51(2,33-13-5-3-6-14-33)34-27-28-56-47(31-34)60-44-26-24-35(52(53,54)55)30-42(44)39-25-23-32(29-46(39)60)37-18-12-22-45-49(37)58-50(59(45)36-15-7-4-8-16-36)41-20-11-19-40-38-17-9-10-21-43(38)57-48(40)41/h3-31,57H,1-2H3. The van der Waals surface area contributed by atoms with Gasteiger partial charge in [0, 0.05) is 55.5 Å². The molecule has 4 aromatic heterocycles. The van der Waals surface area contributed by atoms with E-state index in [9.17, 15) is 13.2 Å². The van der Waals surface area contributed by atoms with E-state index in [2.05, 4.69) is 108 Å². The lowest BCUT2D eigenvalue weighted by Gasteiger charge is -2.26. The van der Waals surface area contributed by atoms with E-state index in [1.54, 1.807) is 12.3 Å². The number of hydrogen-bond acceptors (Lipinski definition) is 2. The summed E-state index contributed by atoms with van der Waals surface area (Å²) in [5.74, 6) is 1.41. The van der Waals surface area contributed by atoms with Gasteiger partial charge in [-0.2, -0.15) is 13.2 Å². The lowest BCUT2D eigenvalue weighted by atomic mass is 9.78. The van der Waals surface area contributed by atoms with Crippen LogP contribution in [0.1, 0.15) is 30.5 Å². The number of nitrogens with one attached hydrogen (secondary N) is 1. The van der Waals surface area contributed by atoms with Crippen LogP contribution in [0.5, 0.6) is 0 Å². The van der Waals surface area contributed by atoms with Gasteiger partial charge in [0.15, 0.2) is 0 Å². The van der Waals surface area contributed by atoms with E-state index in [0.717, 1.165) is 83.8 Å². The third-order valence-electron chi connectivity index (χ3n) is 12.1. The molecule has 0 saturated heterocycles. The molecule has 0 bridgehead atoms. The molecule has 0 unspecified atom stereocenters. The lowest BCUT2D eigenvalue weighted by molar-refractivity contribution is -0.137. The molecule has 0 aliphatic heterocycles. The van der Waals surface area contributed by atoms with Crippen molar-refractivity contribution < 1.29 is 13.2 Å². The number of halogens is 3. The first-order chi connectivity index (χ1) is 29.1. The number of hydrogen-bond donors (Lipinski definition) is 1. The second kappa shape index (κ2) is 13.3. The molecule has 60 heavy (non-hydrogen) atoms. The lowest BCUT2D eigenvalue weighted by Crippen LogP contribution is -2.19. The van der Waals surface area contributed by atoms with Gasteiger partial charge >= 0.3 is 6.18 Å². The molecule has 0 aliphatic carbocycles. The molecule has 0 amide bonds. The Labute approximate surface area is 343 Å². The minimum absolute atomic E-state index is 0.367. The third kappa shape index (κ3) is 5.55. The number of nitrogens with zero attached hydrogens (tertiary/aromatic N) is 4. The summed E-state index contributed by atoms with van der Waals surface area (Å²) >= 11 is 0. The van der Waals surface area contributed by atoms with Crippen LogP contribution in [0.4, 0.5) is 13.2 Å². The number of aromatic amines is 1. The largest absolute Gasteiger partial charge is 0.416 e. The van der Waals surface area contributed by atoms with Gasteiger partial charge < -0.3 is 4.98 Å². The Morgan fingerprint density at radius 1 is 0.517 bits per heavy atom. The van der Waals surface area contributed by atoms with Crippen molar-refractivity contribution in [1.29, 1.82) is 0 Å². The Bertz CT molecular complexity index is 3450. The average Bonchev–Trinajstić information content (AvgIpc) is 3.96. The minimum atomic E-state index is -4.50. The van der Waals surface area contributed by atoms with E-state index < -0.39 is 11.7 Å². The monoisotopic (exact) mass is 787 g/mol. The number of aromatic nitrogens is 5. The summed E-state index contributed by atoms with van der Waals surface area (Å²) in [7, 11) is 0. The van der Waals surface area contributed by atoms with Crippen LogP contribution in [0.2, 0.25) is 0 Å². The quantitative estimate of drug-likeness (QED) is 0.182. The van der Waals surface area contributed by atoms with Crippen molar-refractivity contribution in [2.24, 2.45) is 0 Å². The summed E-state index contributed by atoms with van der Waals surface area (Å²) < 4.78 is 46.8. The number of fused-ring (bicyclic) bond motifs is 7. The first-order valence-corrected chi connectivity index (χ1v) is 19.9. The highest BCUT2D eigenvalue weighted by Crippen LogP contribution is 2.42. The maximum atomic E-state index is 14.2. The number of imidazole rings is 1. The second-order valence-corrected chi connectivity index (χ2v) is 15.9. The van der Waals surface area contributed by atoms with E-state index in [1.165, 1.54) is 6.07 Å². The summed E-state index contributed by atoms with van der Waals surface area (Å²) in [6, 6.07) is 55.3. The molecule has 0 radical (unpaired) electrons. The van der Waals surface area contributed by atoms with E-state index in [-0.39, 0.29) is 5.41 Å². The fourth-order valence-corrected chi connectivity index (χ4v) is 8.97. The predicted molar refractivity (Wildman–Crippen MR) is 237 cm³/mol. The van der Waals surface area contributed by atoms with Crippen molar-refractivity contribution in [1.82, 2.24) is 24.1 Å². The van der Waals surface area contributed by atoms with E-state index in [1.807, 2.05) is 71.3 Å². The molecule has 7 aromatic carbocycles. The highest BCUT2D eigenvalue weighted by molar-refractivity contribution is 6.13. The van der Waals surface area contributed by atoms with E-state index >= 15 is 0 Å². The van der Waals surface area contributed by atoms with E-state index in [4.69, 9.17) is 9.97 Å². The van der Waals surface area contributed by atoms with Crippen LogP contribution in [0, 0.1) is 0 Å². The molecule has 0 aliphatic rings. The van der Waals surface area contributed by atoms with Crippen molar-refractivity contribution in [3.8, 4) is 34.0 Å². The van der Waals surface area contributed by atoms with Crippen molar-refractivity contribution in [2.75, 3.05) is 0 Å². The molecule has 0 saturated carbocycles. The molecule has 8 heteroatoms. The molecule has 0 spiro atoms. The summed E-state index contributed by atoms with van der Waals surface area (Å²) in [6.45, 7) is 4.34. The minimum Gasteiger partial charge on any atom is -0.354 e. The van der Waals surface area contributed by atoms with Gasteiger partial charge in [-0.3, -0.25) is 9.13 Å². The maximum absolute atomic E-state index is 14.2. The van der Waals surface area contributed by atoms with Gasteiger partial charge in [-0.05, 0) is 83.4 Å². The zero-order valence-electron chi connectivity index (χ0n) is 32.7. The molecule has 4 heterocycles. The molecular weight excluding hydrogens is 752 g/mol.